The normalized spacial score (nSPS) is 15.4. The van der Waals surface area contributed by atoms with Gasteiger partial charge in [0, 0.05) is 68.1 Å². The van der Waals surface area contributed by atoms with Gasteiger partial charge in [-0.2, -0.15) is 0 Å². The first-order valence-electron chi connectivity index (χ1n) is 10.5. The Bertz CT molecular complexity index is 988. The molecule has 1 fully saturated rings. The molecule has 0 atom stereocenters. The smallest absolute Gasteiger partial charge is 0.161 e. The van der Waals surface area contributed by atoms with Crippen molar-refractivity contribution in [3.63, 3.8) is 0 Å². The van der Waals surface area contributed by atoms with Crippen molar-refractivity contribution in [3.8, 4) is 22.5 Å². The van der Waals surface area contributed by atoms with Crippen molar-refractivity contribution in [1.82, 2.24) is 19.9 Å². The molecule has 1 aliphatic heterocycles. The Hall–Kier alpha value is -2.99. The molecule has 0 aliphatic carbocycles. The molecule has 30 heavy (non-hydrogen) atoms. The second-order valence-corrected chi connectivity index (χ2v) is 9.12. The van der Waals surface area contributed by atoms with Crippen LogP contribution in [0.1, 0.15) is 20.8 Å². The highest BCUT2D eigenvalue weighted by Crippen LogP contribution is 2.32. The Balaban J connectivity index is 1.67. The van der Waals surface area contributed by atoms with E-state index in [1.807, 2.05) is 36.5 Å². The number of anilines is 2. The first-order chi connectivity index (χ1) is 14.4. The monoisotopic (exact) mass is 402 g/mol. The summed E-state index contributed by atoms with van der Waals surface area (Å²) in [5, 5.41) is 0. The van der Waals surface area contributed by atoms with Gasteiger partial charge in [-0.1, -0.05) is 32.9 Å². The summed E-state index contributed by atoms with van der Waals surface area (Å²) < 4.78 is 0. The van der Waals surface area contributed by atoms with Crippen LogP contribution >= 0.6 is 0 Å². The van der Waals surface area contributed by atoms with Crippen molar-refractivity contribution < 1.29 is 0 Å². The average molecular weight is 403 g/mol. The molecule has 3 aromatic rings. The number of hydrogen-bond acceptors (Lipinski definition) is 6. The van der Waals surface area contributed by atoms with E-state index in [2.05, 4.69) is 46.6 Å². The first-order valence-corrected chi connectivity index (χ1v) is 10.5. The summed E-state index contributed by atoms with van der Waals surface area (Å²) in [6.07, 6.45) is 5.47. The maximum atomic E-state index is 6.05. The highest BCUT2D eigenvalue weighted by molar-refractivity contribution is 5.78. The summed E-state index contributed by atoms with van der Waals surface area (Å²) >= 11 is 0. The molecule has 6 heteroatoms. The van der Waals surface area contributed by atoms with Crippen LogP contribution in [0.25, 0.3) is 22.5 Å². The molecular weight excluding hydrogens is 372 g/mol. The van der Waals surface area contributed by atoms with Gasteiger partial charge in [0.1, 0.15) is 5.82 Å². The van der Waals surface area contributed by atoms with Gasteiger partial charge in [0.15, 0.2) is 5.82 Å². The van der Waals surface area contributed by atoms with E-state index in [0.717, 1.165) is 66.7 Å². The van der Waals surface area contributed by atoms with Crippen LogP contribution in [0.3, 0.4) is 0 Å². The third-order valence-electron chi connectivity index (χ3n) is 5.27. The van der Waals surface area contributed by atoms with Gasteiger partial charge in [0.2, 0.25) is 0 Å². The van der Waals surface area contributed by atoms with Crippen molar-refractivity contribution in [3.05, 3.63) is 55.0 Å². The van der Waals surface area contributed by atoms with Crippen molar-refractivity contribution in [1.29, 1.82) is 0 Å². The highest BCUT2D eigenvalue weighted by atomic mass is 15.3. The molecule has 2 aromatic heterocycles. The van der Waals surface area contributed by atoms with Gasteiger partial charge in [-0.25, -0.2) is 9.97 Å². The lowest BCUT2D eigenvalue weighted by Crippen LogP contribution is -2.49. The summed E-state index contributed by atoms with van der Waals surface area (Å²) in [5.74, 6) is 1.69. The standard InChI is InChI=1S/C24H30N6/c1-24(2,3)17-29-11-13-30(14-12-29)23-21(19-5-4-6-20(25)15-19)16-27-22(28-23)18-7-9-26-10-8-18/h4-10,15-16H,11-14,17,25H2,1-3H3. The Morgan fingerprint density at radius 3 is 2.37 bits per heavy atom. The highest BCUT2D eigenvalue weighted by Gasteiger charge is 2.24. The SMILES string of the molecule is CC(C)(C)CN1CCN(c2nc(-c3ccncc3)ncc2-c2cccc(N)c2)CC1. The van der Waals surface area contributed by atoms with Gasteiger partial charge in [0.25, 0.3) is 0 Å². The number of nitrogen functional groups attached to an aromatic ring is 1. The maximum Gasteiger partial charge on any atom is 0.161 e. The van der Waals surface area contributed by atoms with E-state index in [-0.39, 0.29) is 0 Å². The van der Waals surface area contributed by atoms with Crippen molar-refractivity contribution in [2.75, 3.05) is 43.4 Å². The number of rotatable bonds is 4. The molecular formula is C24H30N6. The number of hydrogen-bond donors (Lipinski definition) is 1. The minimum Gasteiger partial charge on any atom is -0.399 e. The average Bonchev–Trinajstić information content (AvgIpc) is 2.73. The van der Waals surface area contributed by atoms with E-state index in [0.29, 0.717) is 5.41 Å². The van der Waals surface area contributed by atoms with E-state index in [1.54, 1.807) is 12.4 Å². The quantitative estimate of drug-likeness (QED) is 0.666. The van der Waals surface area contributed by atoms with Gasteiger partial charge < -0.3 is 10.6 Å². The van der Waals surface area contributed by atoms with Crippen LogP contribution in [0.15, 0.2) is 55.0 Å². The molecule has 4 rings (SSSR count). The van der Waals surface area contributed by atoms with Crippen molar-refractivity contribution >= 4 is 11.5 Å². The molecule has 1 aliphatic rings. The van der Waals surface area contributed by atoms with Crippen LogP contribution in [0.5, 0.6) is 0 Å². The van der Waals surface area contributed by atoms with Crippen LogP contribution in [-0.2, 0) is 0 Å². The largest absolute Gasteiger partial charge is 0.399 e. The molecule has 156 valence electrons. The fourth-order valence-electron chi connectivity index (χ4n) is 3.95. The zero-order valence-electron chi connectivity index (χ0n) is 18.0. The van der Waals surface area contributed by atoms with Gasteiger partial charge in [-0.3, -0.25) is 9.88 Å². The first kappa shape index (κ1) is 20.3. The Kier molecular flexibility index (Phi) is 5.68. The molecule has 6 nitrogen and oxygen atoms in total. The van der Waals surface area contributed by atoms with Gasteiger partial charge in [-0.15, -0.1) is 0 Å². The van der Waals surface area contributed by atoms with Crippen LogP contribution in [0.4, 0.5) is 11.5 Å². The third-order valence-corrected chi connectivity index (χ3v) is 5.27. The third kappa shape index (κ3) is 4.76. The molecule has 1 saturated heterocycles. The topological polar surface area (TPSA) is 71.2 Å². The Morgan fingerprint density at radius 2 is 1.70 bits per heavy atom. The summed E-state index contributed by atoms with van der Waals surface area (Å²) in [4.78, 5) is 18.7. The van der Waals surface area contributed by atoms with Crippen LogP contribution in [0, 0.1) is 5.41 Å². The number of pyridine rings is 1. The van der Waals surface area contributed by atoms with E-state index in [1.165, 1.54) is 0 Å². The molecule has 2 N–H and O–H groups in total. The summed E-state index contributed by atoms with van der Waals surface area (Å²) in [7, 11) is 0. The minimum absolute atomic E-state index is 0.304. The molecule has 0 amide bonds. The predicted molar refractivity (Wildman–Crippen MR) is 123 cm³/mol. The van der Waals surface area contributed by atoms with E-state index >= 15 is 0 Å². The number of piperazine rings is 1. The van der Waals surface area contributed by atoms with Crippen LogP contribution in [0.2, 0.25) is 0 Å². The van der Waals surface area contributed by atoms with E-state index in [4.69, 9.17) is 10.7 Å². The fourth-order valence-corrected chi connectivity index (χ4v) is 3.95. The summed E-state index contributed by atoms with van der Waals surface area (Å²) in [6.45, 7) is 11.9. The number of nitrogens with zero attached hydrogens (tertiary/aromatic N) is 5. The molecule has 0 spiro atoms. The lowest BCUT2D eigenvalue weighted by molar-refractivity contribution is 0.182. The lowest BCUT2D eigenvalue weighted by atomic mass is 9.96. The lowest BCUT2D eigenvalue weighted by Gasteiger charge is -2.39. The van der Waals surface area contributed by atoms with Gasteiger partial charge >= 0.3 is 0 Å². The second-order valence-electron chi connectivity index (χ2n) is 9.12. The molecule has 1 aromatic carbocycles. The van der Waals surface area contributed by atoms with Gasteiger partial charge in [0.05, 0.1) is 0 Å². The predicted octanol–water partition coefficient (Wildman–Crippen LogP) is 3.96. The van der Waals surface area contributed by atoms with Gasteiger partial charge in [-0.05, 0) is 35.2 Å². The molecule has 0 saturated carbocycles. The number of aromatic nitrogens is 3. The van der Waals surface area contributed by atoms with E-state index < -0.39 is 0 Å². The number of benzene rings is 1. The summed E-state index contributed by atoms with van der Waals surface area (Å²) in [5.41, 5.74) is 10.1. The van der Waals surface area contributed by atoms with Crippen LogP contribution < -0.4 is 10.6 Å². The number of nitrogens with two attached hydrogens (primary N) is 1. The zero-order valence-corrected chi connectivity index (χ0v) is 18.0. The molecule has 0 unspecified atom stereocenters. The maximum absolute atomic E-state index is 6.05. The summed E-state index contributed by atoms with van der Waals surface area (Å²) in [6, 6.07) is 11.8. The second kappa shape index (κ2) is 8.40. The molecule has 0 radical (unpaired) electrons. The molecule has 3 heterocycles. The van der Waals surface area contributed by atoms with Crippen molar-refractivity contribution in [2.24, 2.45) is 5.41 Å². The van der Waals surface area contributed by atoms with Crippen LogP contribution in [-0.4, -0.2) is 52.6 Å². The minimum atomic E-state index is 0.304. The zero-order chi connectivity index (χ0) is 21.1. The molecule has 0 bridgehead atoms. The Labute approximate surface area is 178 Å². The Morgan fingerprint density at radius 1 is 0.967 bits per heavy atom. The fraction of sp³-hybridized carbons (Fsp3) is 0.375. The van der Waals surface area contributed by atoms with E-state index in [9.17, 15) is 0 Å². The van der Waals surface area contributed by atoms with Crippen molar-refractivity contribution in [2.45, 2.75) is 20.8 Å².